The Kier molecular flexibility index (Phi) is 2.97. The molecule has 3 rings (SSSR count). The summed E-state index contributed by atoms with van der Waals surface area (Å²) in [7, 11) is 0. The molecule has 0 unspecified atom stereocenters. The van der Waals surface area contributed by atoms with Crippen molar-refractivity contribution in [2.45, 2.75) is 39.2 Å². The number of hydrogen-bond acceptors (Lipinski definition) is 4. The van der Waals surface area contributed by atoms with Gasteiger partial charge in [-0.15, -0.1) is 0 Å². The molecule has 1 saturated carbocycles. The van der Waals surface area contributed by atoms with Crippen molar-refractivity contribution in [1.82, 2.24) is 14.7 Å². The van der Waals surface area contributed by atoms with Gasteiger partial charge >= 0.3 is 0 Å². The summed E-state index contributed by atoms with van der Waals surface area (Å²) in [6.45, 7) is 4.56. The average molecular weight is 259 g/mol. The van der Waals surface area contributed by atoms with Crippen LogP contribution in [0.25, 0.3) is 0 Å². The number of nitrogens with zero attached hydrogens (tertiary/aromatic N) is 3. The number of carbonyl (C=O) groups excluding carboxylic acids is 1. The second kappa shape index (κ2) is 4.64. The zero-order valence-electron chi connectivity index (χ0n) is 11.2. The SMILES string of the molecule is CC(C)c1nc(Cn2ccc(C(=O)C3CC3)c2)no1. The first-order chi connectivity index (χ1) is 9.13. The Morgan fingerprint density at radius 1 is 1.53 bits per heavy atom. The minimum absolute atomic E-state index is 0.234. The van der Waals surface area contributed by atoms with E-state index < -0.39 is 0 Å². The summed E-state index contributed by atoms with van der Waals surface area (Å²) in [6.07, 6.45) is 5.83. The van der Waals surface area contributed by atoms with Crippen LogP contribution in [0.5, 0.6) is 0 Å². The van der Waals surface area contributed by atoms with E-state index in [2.05, 4.69) is 10.1 Å². The van der Waals surface area contributed by atoms with Crippen LogP contribution in [0.15, 0.2) is 23.0 Å². The fraction of sp³-hybridized carbons (Fsp3) is 0.500. The van der Waals surface area contributed by atoms with E-state index in [1.807, 2.05) is 36.9 Å². The highest BCUT2D eigenvalue weighted by atomic mass is 16.5. The van der Waals surface area contributed by atoms with E-state index in [4.69, 9.17) is 4.52 Å². The van der Waals surface area contributed by atoms with E-state index >= 15 is 0 Å². The molecule has 0 saturated heterocycles. The molecule has 19 heavy (non-hydrogen) atoms. The summed E-state index contributed by atoms with van der Waals surface area (Å²) in [6, 6.07) is 1.87. The van der Waals surface area contributed by atoms with Gasteiger partial charge in [0.05, 0.1) is 6.54 Å². The van der Waals surface area contributed by atoms with Crippen LogP contribution < -0.4 is 0 Å². The predicted molar refractivity (Wildman–Crippen MR) is 69.0 cm³/mol. The zero-order chi connectivity index (χ0) is 13.4. The lowest BCUT2D eigenvalue weighted by atomic mass is 10.1. The van der Waals surface area contributed by atoms with Crippen molar-refractivity contribution >= 4 is 5.78 Å². The Balaban J connectivity index is 1.70. The van der Waals surface area contributed by atoms with Gasteiger partial charge < -0.3 is 9.09 Å². The maximum absolute atomic E-state index is 11.9. The van der Waals surface area contributed by atoms with Crippen LogP contribution in [0.3, 0.4) is 0 Å². The fourth-order valence-corrected chi connectivity index (χ4v) is 2.00. The normalized spacial score (nSPS) is 15.1. The minimum Gasteiger partial charge on any atom is -0.346 e. The van der Waals surface area contributed by atoms with Gasteiger partial charge in [-0.05, 0) is 18.9 Å². The van der Waals surface area contributed by atoms with Crippen LogP contribution in [0.1, 0.15) is 54.7 Å². The van der Waals surface area contributed by atoms with Gasteiger partial charge in [0.25, 0.3) is 0 Å². The van der Waals surface area contributed by atoms with Crippen LogP contribution in [0.2, 0.25) is 0 Å². The van der Waals surface area contributed by atoms with Gasteiger partial charge in [0, 0.05) is 29.8 Å². The highest BCUT2D eigenvalue weighted by molar-refractivity contribution is 5.99. The smallest absolute Gasteiger partial charge is 0.229 e. The van der Waals surface area contributed by atoms with Crippen LogP contribution >= 0.6 is 0 Å². The van der Waals surface area contributed by atoms with E-state index in [1.165, 1.54) is 0 Å². The number of carbonyl (C=O) groups is 1. The number of rotatable bonds is 5. The van der Waals surface area contributed by atoms with Crippen molar-refractivity contribution in [3.8, 4) is 0 Å². The van der Waals surface area contributed by atoms with Gasteiger partial charge in [-0.25, -0.2) is 0 Å². The Labute approximate surface area is 111 Å². The molecule has 0 atom stereocenters. The van der Waals surface area contributed by atoms with Gasteiger partial charge in [-0.2, -0.15) is 4.98 Å². The van der Waals surface area contributed by atoms with Gasteiger partial charge in [0.2, 0.25) is 5.89 Å². The first-order valence-corrected chi connectivity index (χ1v) is 6.66. The van der Waals surface area contributed by atoms with E-state index in [0.717, 1.165) is 18.4 Å². The summed E-state index contributed by atoms with van der Waals surface area (Å²) in [5, 5.41) is 3.94. The standard InChI is InChI=1S/C14H17N3O2/c1-9(2)14-15-12(16-19-14)8-17-6-5-11(7-17)13(18)10-3-4-10/h5-7,9-10H,3-4,8H2,1-2H3. The highest BCUT2D eigenvalue weighted by Gasteiger charge is 2.30. The quantitative estimate of drug-likeness (QED) is 0.774. The van der Waals surface area contributed by atoms with Crippen LogP contribution in [0.4, 0.5) is 0 Å². The number of hydrogen-bond donors (Lipinski definition) is 0. The predicted octanol–water partition coefficient (Wildman–Crippen LogP) is 2.64. The second-order valence-corrected chi connectivity index (χ2v) is 5.41. The lowest BCUT2D eigenvalue weighted by Crippen LogP contribution is -2.02. The highest BCUT2D eigenvalue weighted by Crippen LogP contribution is 2.32. The molecule has 0 amide bonds. The molecule has 0 radical (unpaired) electrons. The number of aromatic nitrogens is 3. The molecule has 5 nitrogen and oxygen atoms in total. The second-order valence-electron chi connectivity index (χ2n) is 5.41. The van der Waals surface area contributed by atoms with Crippen LogP contribution in [-0.4, -0.2) is 20.5 Å². The van der Waals surface area contributed by atoms with Gasteiger partial charge in [0.15, 0.2) is 11.6 Å². The Morgan fingerprint density at radius 2 is 2.32 bits per heavy atom. The van der Waals surface area contributed by atoms with Crippen LogP contribution in [0, 0.1) is 5.92 Å². The Bertz CT molecular complexity index is 593. The summed E-state index contributed by atoms with van der Waals surface area (Å²) < 4.78 is 7.08. The summed E-state index contributed by atoms with van der Waals surface area (Å²) >= 11 is 0. The van der Waals surface area contributed by atoms with Crippen molar-refractivity contribution in [1.29, 1.82) is 0 Å². The lowest BCUT2D eigenvalue weighted by molar-refractivity contribution is 0.0967. The molecule has 0 bridgehead atoms. The third-order valence-corrected chi connectivity index (χ3v) is 3.28. The molecule has 0 spiro atoms. The first kappa shape index (κ1) is 12.1. The third-order valence-electron chi connectivity index (χ3n) is 3.28. The number of Topliss-reactive ketones (excluding diaryl/α,β-unsaturated/α-hetero) is 1. The molecule has 0 aliphatic heterocycles. The molecule has 100 valence electrons. The number of ketones is 1. The van der Waals surface area contributed by atoms with Crippen molar-refractivity contribution < 1.29 is 9.32 Å². The monoisotopic (exact) mass is 259 g/mol. The van der Waals surface area contributed by atoms with E-state index in [1.54, 1.807) is 0 Å². The maximum Gasteiger partial charge on any atom is 0.229 e. The molecule has 1 aliphatic carbocycles. The van der Waals surface area contributed by atoms with Gasteiger partial charge in [0.1, 0.15) is 0 Å². The van der Waals surface area contributed by atoms with Gasteiger partial charge in [-0.1, -0.05) is 19.0 Å². The van der Waals surface area contributed by atoms with E-state index in [9.17, 15) is 4.79 Å². The largest absolute Gasteiger partial charge is 0.346 e. The lowest BCUT2D eigenvalue weighted by Gasteiger charge is -1.97. The molecule has 5 heteroatoms. The third kappa shape index (κ3) is 2.59. The molecule has 0 aromatic carbocycles. The van der Waals surface area contributed by atoms with Crippen molar-refractivity contribution in [3.05, 3.63) is 35.7 Å². The van der Waals surface area contributed by atoms with Crippen LogP contribution in [-0.2, 0) is 6.54 Å². The molecular weight excluding hydrogens is 242 g/mol. The minimum atomic E-state index is 0.234. The molecule has 1 aliphatic rings. The van der Waals surface area contributed by atoms with E-state index in [-0.39, 0.29) is 17.6 Å². The molecule has 0 N–H and O–H groups in total. The van der Waals surface area contributed by atoms with Crippen molar-refractivity contribution in [2.24, 2.45) is 5.92 Å². The van der Waals surface area contributed by atoms with Crippen molar-refractivity contribution in [2.75, 3.05) is 0 Å². The summed E-state index contributed by atoms with van der Waals surface area (Å²) in [5.41, 5.74) is 0.787. The van der Waals surface area contributed by atoms with E-state index in [0.29, 0.717) is 18.3 Å². The maximum atomic E-state index is 11.9. The Morgan fingerprint density at radius 3 is 2.95 bits per heavy atom. The summed E-state index contributed by atoms with van der Waals surface area (Å²) in [4.78, 5) is 16.2. The molecule has 2 aromatic rings. The van der Waals surface area contributed by atoms with Gasteiger partial charge in [-0.3, -0.25) is 4.79 Å². The molecule has 2 heterocycles. The molecule has 1 fully saturated rings. The molecule has 2 aromatic heterocycles. The summed E-state index contributed by atoms with van der Waals surface area (Å²) in [5.74, 6) is 2.04. The van der Waals surface area contributed by atoms with Crippen molar-refractivity contribution in [3.63, 3.8) is 0 Å². The Hall–Kier alpha value is -1.91. The molecular formula is C14H17N3O2. The fourth-order valence-electron chi connectivity index (χ4n) is 2.00. The zero-order valence-corrected chi connectivity index (χ0v) is 11.2. The first-order valence-electron chi connectivity index (χ1n) is 6.66. The topological polar surface area (TPSA) is 60.9 Å². The average Bonchev–Trinajstić information content (AvgIpc) is 2.94.